The number of rotatable bonds is 5. The van der Waals surface area contributed by atoms with Gasteiger partial charge in [0, 0.05) is 20.1 Å². The van der Waals surface area contributed by atoms with E-state index in [-0.39, 0.29) is 12.5 Å². The summed E-state index contributed by atoms with van der Waals surface area (Å²) in [5, 5.41) is 9.44. The molecule has 19 heavy (non-hydrogen) atoms. The highest BCUT2D eigenvalue weighted by Gasteiger charge is 2.18. The molecule has 0 saturated carbocycles. The third-order valence-electron chi connectivity index (χ3n) is 3.15. The number of nitrogens with two attached hydrogens (primary N) is 1. The highest BCUT2D eigenvalue weighted by atomic mass is 16.5. The van der Waals surface area contributed by atoms with Gasteiger partial charge in [-0.05, 0) is 36.6 Å². The zero-order chi connectivity index (χ0) is 14.6. The van der Waals surface area contributed by atoms with Gasteiger partial charge in [0.2, 0.25) is 0 Å². The van der Waals surface area contributed by atoms with E-state index in [4.69, 9.17) is 10.5 Å². The minimum absolute atomic E-state index is 0.0657. The fourth-order valence-electron chi connectivity index (χ4n) is 1.93. The van der Waals surface area contributed by atoms with Crippen molar-refractivity contribution in [1.82, 2.24) is 4.90 Å². The lowest BCUT2D eigenvalue weighted by atomic mass is 10.0. The minimum atomic E-state index is -1.13. The standard InChI is InChI=1S/C14H22N2O3/c1-9-6-13(19-4)10(2)5-11(9)8-16(3)14(18)12(17)7-15/h5-6,12,17H,7-8,15H2,1-4H3. The van der Waals surface area contributed by atoms with Gasteiger partial charge >= 0.3 is 0 Å². The van der Waals surface area contributed by atoms with Gasteiger partial charge in [-0.15, -0.1) is 0 Å². The number of ether oxygens (including phenoxy) is 1. The van der Waals surface area contributed by atoms with Crippen LogP contribution in [0.25, 0.3) is 0 Å². The summed E-state index contributed by atoms with van der Waals surface area (Å²) in [5.74, 6) is 0.465. The molecule has 0 aromatic heterocycles. The first kappa shape index (κ1) is 15.5. The van der Waals surface area contributed by atoms with E-state index in [9.17, 15) is 9.90 Å². The number of likely N-dealkylation sites (N-methyl/N-ethyl adjacent to an activating group) is 1. The summed E-state index contributed by atoms with van der Waals surface area (Å²) in [6, 6.07) is 3.94. The molecule has 1 aromatic rings. The number of hydrogen-bond donors (Lipinski definition) is 2. The Balaban J connectivity index is 2.88. The Morgan fingerprint density at radius 3 is 2.58 bits per heavy atom. The van der Waals surface area contributed by atoms with Gasteiger partial charge in [-0.2, -0.15) is 0 Å². The summed E-state index contributed by atoms with van der Waals surface area (Å²) in [4.78, 5) is 13.2. The van der Waals surface area contributed by atoms with Crippen LogP contribution in [0.15, 0.2) is 12.1 Å². The van der Waals surface area contributed by atoms with E-state index < -0.39 is 6.10 Å². The highest BCUT2D eigenvalue weighted by molar-refractivity contribution is 5.80. The number of benzene rings is 1. The van der Waals surface area contributed by atoms with Crippen molar-refractivity contribution in [2.24, 2.45) is 5.73 Å². The van der Waals surface area contributed by atoms with Crippen molar-refractivity contribution in [2.45, 2.75) is 26.5 Å². The van der Waals surface area contributed by atoms with E-state index in [1.807, 2.05) is 26.0 Å². The lowest BCUT2D eigenvalue weighted by Crippen LogP contribution is -2.40. The average molecular weight is 266 g/mol. The van der Waals surface area contributed by atoms with E-state index in [2.05, 4.69) is 0 Å². The number of carbonyl (C=O) groups excluding carboxylic acids is 1. The molecule has 1 amide bonds. The van der Waals surface area contributed by atoms with Crippen LogP contribution in [0.4, 0.5) is 0 Å². The van der Waals surface area contributed by atoms with Crippen molar-refractivity contribution in [3.8, 4) is 5.75 Å². The van der Waals surface area contributed by atoms with Crippen molar-refractivity contribution in [3.05, 3.63) is 28.8 Å². The number of aliphatic hydroxyl groups is 1. The Labute approximate surface area is 114 Å². The van der Waals surface area contributed by atoms with Crippen LogP contribution in [0, 0.1) is 13.8 Å². The molecule has 0 aliphatic carbocycles. The van der Waals surface area contributed by atoms with Gasteiger partial charge in [0.15, 0.2) is 0 Å². The number of carbonyl (C=O) groups is 1. The average Bonchev–Trinajstić information content (AvgIpc) is 2.40. The first-order valence-electron chi connectivity index (χ1n) is 6.18. The number of hydrogen-bond acceptors (Lipinski definition) is 4. The third kappa shape index (κ3) is 3.68. The Morgan fingerprint density at radius 2 is 2.05 bits per heavy atom. The topological polar surface area (TPSA) is 75.8 Å². The molecule has 1 rings (SSSR count). The largest absolute Gasteiger partial charge is 0.496 e. The molecule has 0 bridgehead atoms. The van der Waals surface area contributed by atoms with Crippen molar-refractivity contribution >= 4 is 5.91 Å². The van der Waals surface area contributed by atoms with Gasteiger partial charge in [-0.3, -0.25) is 4.79 Å². The minimum Gasteiger partial charge on any atom is -0.496 e. The van der Waals surface area contributed by atoms with Gasteiger partial charge in [0.1, 0.15) is 11.9 Å². The number of methoxy groups -OCH3 is 1. The molecule has 0 aliphatic rings. The molecule has 3 N–H and O–H groups in total. The van der Waals surface area contributed by atoms with Crippen LogP contribution >= 0.6 is 0 Å². The molecule has 0 fully saturated rings. The second-order valence-corrected chi connectivity index (χ2v) is 4.69. The normalized spacial score (nSPS) is 12.1. The SMILES string of the molecule is COc1cc(C)c(CN(C)C(=O)C(O)CN)cc1C. The summed E-state index contributed by atoms with van der Waals surface area (Å²) in [6.45, 7) is 4.30. The fourth-order valence-corrected chi connectivity index (χ4v) is 1.93. The van der Waals surface area contributed by atoms with Crippen molar-refractivity contribution in [2.75, 3.05) is 20.7 Å². The smallest absolute Gasteiger partial charge is 0.252 e. The zero-order valence-electron chi connectivity index (χ0n) is 11.9. The molecular weight excluding hydrogens is 244 g/mol. The summed E-state index contributed by atoms with van der Waals surface area (Å²) < 4.78 is 5.25. The van der Waals surface area contributed by atoms with E-state index in [0.717, 1.165) is 22.4 Å². The molecule has 0 aliphatic heterocycles. The van der Waals surface area contributed by atoms with E-state index in [1.165, 1.54) is 4.90 Å². The Kier molecular flexibility index (Phi) is 5.32. The van der Waals surface area contributed by atoms with Crippen LogP contribution in [-0.4, -0.2) is 42.7 Å². The molecule has 1 aromatic carbocycles. The summed E-state index contributed by atoms with van der Waals surface area (Å²) in [6.07, 6.45) is -1.13. The molecule has 1 atom stereocenters. The molecule has 0 saturated heterocycles. The maximum atomic E-state index is 11.8. The first-order valence-corrected chi connectivity index (χ1v) is 6.18. The van der Waals surface area contributed by atoms with Gasteiger partial charge in [-0.1, -0.05) is 6.07 Å². The fraction of sp³-hybridized carbons (Fsp3) is 0.500. The van der Waals surface area contributed by atoms with Crippen LogP contribution in [0.5, 0.6) is 5.75 Å². The second kappa shape index (κ2) is 6.54. The zero-order valence-corrected chi connectivity index (χ0v) is 11.9. The molecule has 5 heteroatoms. The van der Waals surface area contributed by atoms with Gasteiger partial charge in [0.05, 0.1) is 7.11 Å². The molecule has 0 heterocycles. The number of nitrogens with zero attached hydrogens (tertiary/aromatic N) is 1. The molecule has 1 unspecified atom stereocenters. The van der Waals surface area contributed by atoms with Crippen LogP contribution in [0.1, 0.15) is 16.7 Å². The number of aryl methyl sites for hydroxylation is 2. The van der Waals surface area contributed by atoms with Crippen molar-refractivity contribution < 1.29 is 14.6 Å². The first-order chi connectivity index (χ1) is 8.90. The number of amides is 1. The molecule has 5 nitrogen and oxygen atoms in total. The molecule has 0 radical (unpaired) electrons. The van der Waals surface area contributed by atoms with E-state index in [0.29, 0.717) is 6.54 Å². The predicted octanol–water partition coefficient (Wildman–Crippen LogP) is 0.590. The van der Waals surface area contributed by atoms with Gasteiger partial charge < -0.3 is 20.5 Å². The van der Waals surface area contributed by atoms with Gasteiger partial charge in [-0.25, -0.2) is 0 Å². The molecule has 106 valence electrons. The van der Waals surface area contributed by atoms with E-state index in [1.54, 1.807) is 14.2 Å². The lowest BCUT2D eigenvalue weighted by molar-refractivity contribution is -0.138. The Hall–Kier alpha value is -1.59. The quantitative estimate of drug-likeness (QED) is 0.818. The number of aliphatic hydroxyl groups excluding tert-OH is 1. The predicted molar refractivity (Wildman–Crippen MR) is 74.0 cm³/mol. The Bertz CT molecular complexity index is 460. The summed E-state index contributed by atoms with van der Waals surface area (Å²) in [5.41, 5.74) is 8.37. The highest BCUT2D eigenvalue weighted by Crippen LogP contribution is 2.23. The molecule has 0 spiro atoms. The van der Waals surface area contributed by atoms with Crippen LogP contribution < -0.4 is 10.5 Å². The summed E-state index contributed by atoms with van der Waals surface area (Å²) >= 11 is 0. The molecular formula is C14H22N2O3. The van der Waals surface area contributed by atoms with Gasteiger partial charge in [0.25, 0.3) is 5.91 Å². The van der Waals surface area contributed by atoms with Crippen LogP contribution in [0.3, 0.4) is 0 Å². The third-order valence-corrected chi connectivity index (χ3v) is 3.15. The van der Waals surface area contributed by atoms with Crippen molar-refractivity contribution in [1.29, 1.82) is 0 Å². The lowest BCUT2D eigenvalue weighted by Gasteiger charge is -2.21. The van der Waals surface area contributed by atoms with E-state index >= 15 is 0 Å². The van der Waals surface area contributed by atoms with Crippen molar-refractivity contribution in [3.63, 3.8) is 0 Å². The maximum Gasteiger partial charge on any atom is 0.252 e. The van der Waals surface area contributed by atoms with Crippen LogP contribution in [0.2, 0.25) is 0 Å². The Morgan fingerprint density at radius 1 is 1.42 bits per heavy atom. The second-order valence-electron chi connectivity index (χ2n) is 4.69. The van der Waals surface area contributed by atoms with Crippen LogP contribution in [-0.2, 0) is 11.3 Å². The maximum absolute atomic E-state index is 11.8. The summed E-state index contributed by atoms with van der Waals surface area (Å²) in [7, 11) is 3.29. The monoisotopic (exact) mass is 266 g/mol.